The topological polar surface area (TPSA) is 0 Å². The average molecular weight is 391 g/mol. The summed E-state index contributed by atoms with van der Waals surface area (Å²) < 4.78 is 0.825. The first kappa shape index (κ1) is 15.6. The van der Waals surface area contributed by atoms with E-state index in [1.807, 2.05) is 12.1 Å². The summed E-state index contributed by atoms with van der Waals surface area (Å²) in [5.74, 6) is 2.52. The van der Waals surface area contributed by atoms with Crippen molar-refractivity contribution in [3.05, 3.63) is 34.9 Å². The highest BCUT2D eigenvalue weighted by atomic mass is 127. The van der Waals surface area contributed by atoms with Crippen molar-refractivity contribution in [2.75, 3.05) is 0 Å². The Morgan fingerprint density at radius 2 is 1.89 bits per heavy atom. The fraction of sp³-hybridized carbons (Fsp3) is 0.647. The summed E-state index contributed by atoms with van der Waals surface area (Å²) >= 11 is 8.57. The standard InChI is InChI=1S/C17H24ClI/c1-12(15-6-8-17(18)9-7-15)10-14-4-3-5-16(11-14)13(2)19/h6-9,12-14,16H,3-5,10-11H2,1-2H3. The molecule has 0 spiro atoms. The van der Waals surface area contributed by atoms with E-state index in [1.165, 1.54) is 37.7 Å². The molecule has 4 unspecified atom stereocenters. The molecule has 1 aliphatic rings. The smallest absolute Gasteiger partial charge is 0.0406 e. The second-order valence-electron chi connectivity index (χ2n) is 6.16. The van der Waals surface area contributed by atoms with E-state index in [1.54, 1.807) is 0 Å². The van der Waals surface area contributed by atoms with Crippen LogP contribution in [0, 0.1) is 11.8 Å². The van der Waals surface area contributed by atoms with E-state index >= 15 is 0 Å². The fourth-order valence-corrected chi connectivity index (χ4v) is 4.17. The van der Waals surface area contributed by atoms with Gasteiger partial charge in [0.05, 0.1) is 0 Å². The van der Waals surface area contributed by atoms with Crippen LogP contribution < -0.4 is 0 Å². The maximum absolute atomic E-state index is 5.96. The van der Waals surface area contributed by atoms with Gasteiger partial charge < -0.3 is 0 Å². The van der Waals surface area contributed by atoms with Gasteiger partial charge in [-0.05, 0) is 54.7 Å². The molecule has 4 atom stereocenters. The van der Waals surface area contributed by atoms with E-state index < -0.39 is 0 Å². The molecular formula is C17H24ClI. The summed E-state index contributed by atoms with van der Waals surface area (Å²) in [4.78, 5) is 0. The first-order valence-electron chi connectivity index (χ1n) is 7.45. The van der Waals surface area contributed by atoms with Crippen molar-refractivity contribution in [2.45, 2.75) is 55.8 Å². The minimum absolute atomic E-state index is 0.658. The van der Waals surface area contributed by atoms with Crippen molar-refractivity contribution in [3.8, 4) is 0 Å². The first-order chi connectivity index (χ1) is 9.06. The number of hydrogen-bond donors (Lipinski definition) is 0. The van der Waals surface area contributed by atoms with Crippen LogP contribution >= 0.6 is 34.2 Å². The molecule has 0 aromatic heterocycles. The molecule has 1 saturated carbocycles. The summed E-state index contributed by atoms with van der Waals surface area (Å²) in [7, 11) is 0. The van der Waals surface area contributed by atoms with Crippen LogP contribution in [0.15, 0.2) is 24.3 Å². The fourth-order valence-electron chi connectivity index (χ4n) is 3.39. The summed E-state index contributed by atoms with van der Waals surface area (Å²) in [5, 5.41) is 0.840. The Kier molecular flexibility index (Phi) is 6.01. The Labute approximate surface area is 136 Å². The highest BCUT2D eigenvalue weighted by molar-refractivity contribution is 14.1. The predicted molar refractivity (Wildman–Crippen MR) is 93.4 cm³/mol. The molecule has 0 N–H and O–H groups in total. The Morgan fingerprint density at radius 3 is 2.53 bits per heavy atom. The van der Waals surface area contributed by atoms with Crippen molar-refractivity contribution in [1.82, 2.24) is 0 Å². The molecule has 2 heteroatoms. The SMILES string of the molecule is CC(CC1CCCC(C(C)I)C1)c1ccc(Cl)cc1. The minimum atomic E-state index is 0.658. The highest BCUT2D eigenvalue weighted by Crippen LogP contribution is 2.38. The van der Waals surface area contributed by atoms with E-state index in [9.17, 15) is 0 Å². The van der Waals surface area contributed by atoms with E-state index in [-0.39, 0.29) is 0 Å². The molecule has 0 heterocycles. The van der Waals surface area contributed by atoms with Gasteiger partial charge >= 0.3 is 0 Å². The van der Waals surface area contributed by atoms with Gasteiger partial charge in [0.15, 0.2) is 0 Å². The van der Waals surface area contributed by atoms with Crippen molar-refractivity contribution >= 4 is 34.2 Å². The predicted octanol–water partition coefficient (Wildman–Crippen LogP) is 6.46. The van der Waals surface area contributed by atoms with Crippen LogP contribution in [0.4, 0.5) is 0 Å². The van der Waals surface area contributed by atoms with Gasteiger partial charge in [0.2, 0.25) is 0 Å². The molecular weight excluding hydrogens is 367 g/mol. The molecule has 1 aliphatic carbocycles. The number of rotatable bonds is 4. The third-order valence-corrected chi connectivity index (χ3v) is 5.87. The molecule has 19 heavy (non-hydrogen) atoms. The molecule has 1 aromatic carbocycles. The van der Waals surface area contributed by atoms with Crippen molar-refractivity contribution in [1.29, 1.82) is 0 Å². The lowest BCUT2D eigenvalue weighted by Crippen LogP contribution is -2.22. The molecule has 106 valence electrons. The second kappa shape index (κ2) is 7.31. The van der Waals surface area contributed by atoms with Gasteiger partial charge in [-0.2, -0.15) is 0 Å². The van der Waals surface area contributed by atoms with Crippen LogP contribution in [0.5, 0.6) is 0 Å². The van der Waals surface area contributed by atoms with Gasteiger partial charge in [-0.3, -0.25) is 0 Å². The maximum Gasteiger partial charge on any atom is 0.0406 e. The molecule has 0 aliphatic heterocycles. The average Bonchev–Trinajstić information content (AvgIpc) is 2.39. The van der Waals surface area contributed by atoms with Gasteiger partial charge in [0.1, 0.15) is 0 Å². The van der Waals surface area contributed by atoms with Gasteiger partial charge in [-0.1, -0.05) is 73.0 Å². The lowest BCUT2D eigenvalue weighted by Gasteiger charge is -2.32. The highest BCUT2D eigenvalue weighted by Gasteiger charge is 2.26. The van der Waals surface area contributed by atoms with Crippen LogP contribution in [0.2, 0.25) is 5.02 Å². The quantitative estimate of drug-likeness (QED) is 0.408. The molecule has 0 radical (unpaired) electrons. The number of hydrogen-bond acceptors (Lipinski definition) is 0. The molecule has 0 amide bonds. The summed E-state index contributed by atoms with van der Waals surface area (Å²) in [6, 6.07) is 8.41. The van der Waals surface area contributed by atoms with Crippen LogP contribution in [0.25, 0.3) is 0 Å². The van der Waals surface area contributed by atoms with Gasteiger partial charge in [-0.15, -0.1) is 0 Å². The molecule has 0 nitrogen and oxygen atoms in total. The van der Waals surface area contributed by atoms with E-state index in [2.05, 4.69) is 48.6 Å². The Balaban J connectivity index is 1.91. The normalized spacial score (nSPS) is 26.9. The van der Waals surface area contributed by atoms with Gasteiger partial charge in [-0.25, -0.2) is 0 Å². The molecule has 0 saturated heterocycles. The molecule has 0 bridgehead atoms. The zero-order chi connectivity index (χ0) is 13.8. The summed E-state index contributed by atoms with van der Waals surface area (Å²) in [6.45, 7) is 4.73. The molecule has 2 rings (SSSR count). The molecule has 1 aromatic rings. The maximum atomic E-state index is 5.96. The Bertz CT molecular complexity index is 385. The second-order valence-corrected chi connectivity index (χ2v) is 8.56. The lowest BCUT2D eigenvalue weighted by atomic mass is 9.76. The van der Waals surface area contributed by atoms with Crippen molar-refractivity contribution < 1.29 is 0 Å². The third-order valence-electron chi connectivity index (χ3n) is 4.60. The number of alkyl halides is 1. The van der Waals surface area contributed by atoms with Crippen LogP contribution in [0.3, 0.4) is 0 Å². The van der Waals surface area contributed by atoms with Gasteiger partial charge in [0.25, 0.3) is 0 Å². The van der Waals surface area contributed by atoms with E-state index in [4.69, 9.17) is 11.6 Å². The number of halogens is 2. The largest absolute Gasteiger partial charge is 0.0843 e. The van der Waals surface area contributed by atoms with Crippen LogP contribution in [-0.2, 0) is 0 Å². The third kappa shape index (κ3) is 4.63. The van der Waals surface area contributed by atoms with Crippen molar-refractivity contribution in [2.24, 2.45) is 11.8 Å². The number of benzene rings is 1. The van der Waals surface area contributed by atoms with Crippen LogP contribution in [0.1, 0.15) is 57.4 Å². The zero-order valence-electron chi connectivity index (χ0n) is 11.9. The minimum Gasteiger partial charge on any atom is -0.0843 e. The zero-order valence-corrected chi connectivity index (χ0v) is 14.8. The van der Waals surface area contributed by atoms with E-state index in [0.29, 0.717) is 5.92 Å². The lowest BCUT2D eigenvalue weighted by molar-refractivity contribution is 0.249. The first-order valence-corrected chi connectivity index (χ1v) is 9.08. The van der Waals surface area contributed by atoms with Gasteiger partial charge in [0, 0.05) is 8.95 Å². The Hall–Kier alpha value is 0.240. The van der Waals surface area contributed by atoms with Crippen molar-refractivity contribution in [3.63, 3.8) is 0 Å². The van der Waals surface area contributed by atoms with Crippen LogP contribution in [-0.4, -0.2) is 3.92 Å². The summed E-state index contributed by atoms with van der Waals surface area (Å²) in [5.41, 5.74) is 1.44. The Morgan fingerprint density at radius 1 is 1.21 bits per heavy atom. The monoisotopic (exact) mass is 390 g/mol. The molecule has 1 fully saturated rings. The van der Waals surface area contributed by atoms with E-state index in [0.717, 1.165) is 20.8 Å². The summed E-state index contributed by atoms with van der Waals surface area (Å²) in [6.07, 6.45) is 7.06.